The number of ether oxygens (including phenoxy) is 1. The summed E-state index contributed by atoms with van der Waals surface area (Å²) < 4.78 is 5.18. The summed E-state index contributed by atoms with van der Waals surface area (Å²) >= 11 is 1.43. The second kappa shape index (κ2) is 9.81. The van der Waals surface area contributed by atoms with Gasteiger partial charge in [-0.15, -0.1) is 10.2 Å². The van der Waals surface area contributed by atoms with Crippen molar-refractivity contribution in [3.05, 3.63) is 48.5 Å². The molecule has 1 heterocycles. The number of nitrogens with one attached hydrogen (secondary N) is 2. The van der Waals surface area contributed by atoms with Crippen LogP contribution in [0, 0.1) is 0 Å². The molecule has 0 radical (unpaired) electrons. The zero-order chi connectivity index (χ0) is 21.5. The minimum atomic E-state index is -0.802. The van der Waals surface area contributed by atoms with Crippen LogP contribution in [0.1, 0.15) is 0 Å². The van der Waals surface area contributed by atoms with Crippen LogP contribution in [0.5, 0.6) is 5.75 Å². The van der Waals surface area contributed by atoms with Gasteiger partial charge in [-0.25, -0.2) is 0 Å². The van der Waals surface area contributed by atoms with Gasteiger partial charge in [0.25, 0.3) is 0 Å². The molecule has 1 aromatic heterocycles. The summed E-state index contributed by atoms with van der Waals surface area (Å²) in [5, 5.41) is 23.4. The summed E-state index contributed by atoms with van der Waals surface area (Å²) in [6, 6.07) is 14.6. The van der Waals surface area contributed by atoms with Crippen LogP contribution in [-0.4, -0.2) is 54.4 Å². The maximum atomic E-state index is 11.8. The van der Waals surface area contributed by atoms with Crippen molar-refractivity contribution < 1.29 is 19.4 Å². The Labute approximate surface area is 177 Å². The maximum absolute atomic E-state index is 11.8. The van der Waals surface area contributed by atoms with E-state index in [2.05, 4.69) is 20.8 Å². The molecule has 0 aliphatic carbocycles. The SMILES string of the molecule is COc1ccc(N(C)c2nnc(-c3ccc(NC(=O)C(=O)NCCO)cc3)s2)cc1. The van der Waals surface area contributed by atoms with Crippen LogP contribution >= 0.6 is 11.3 Å². The van der Waals surface area contributed by atoms with Crippen LogP contribution in [0.3, 0.4) is 0 Å². The van der Waals surface area contributed by atoms with Gasteiger partial charge in [0.15, 0.2) is 0 Å². The van der Waals surface area contributed by atoms with E-state index in [1.807, 2.05) is 36.2 Å². The fourth-order valence-electron chi connectivity index (χ4n) is 2.52. The maximum Gasteiger partial charge on any atom is 0.313 e. The topological polar surface area (TPSA) is 117 Å². The van der Waals surface area contributed by atoms with Crippen molar-refractivity contribution >= 4 is 39.7 Å². The number of aliphatic hydroxyl groups is 1. The van der Waals surface area contributed by atoms with E-state index in [0.717, 1.165) is 27.1 Å². The van der Waals surface area contributed by atoms with E-state index < -0.39 is 11.8 Å². The molecule has 3 rings (SSSR count). The predicted octanol–water partition coefficient (Wildman–Crippen LogP) is 2.03. The summed E-state index contributed by atoms with van der Waals surface area (Å²) in [4.78, 5) is 25.3. The number of hydrogen-bond acceptors (Lipinski definition) is 8. The number of carbonyl (C=O) groups excluding carboxylic acids is 2. The fraction of sp³-hybridized carbons (Fsp3) is 0.200. The summed E-state index contributed by atoms with van der Waals surface area (Å²) in [7, 11) is 3.53. The van der Waals surface area contributed by atoms with Crippen LogP contribution in [0.2, 0.25) is 0 Å². The normalized spacial score (nSPS) is 10.4. The number of aliphatic hydroxyl groups excluding tert-OH is 1. The average Bonchev–Trinajstić information content (AvgIpc) is 3.27. The van der Waals surface area contributed by atoms with E-state index >= 15 is 0 Å². The number of nitrogens with zero attached hydrogens (tertiary/aromatic N) is 3. The molecule has 156 valence electrons. The highest BCUT2D eigenvalue weighted by Gasteiger charge is 2.14. The molecule has 0 aliphatic heterocycles. The van der Waals surface area contributed by atoms with Gasteiger partial charge >= 0.3 is 11.8 Å². The Kier molecular flexibility index (Phi) is 6.94. The highest BCUT2D eigenvalue weighted by Crippen LogP contribution is 2.32. The molecule has 0 atom stereocenters. The molecule has 0 aliphatic rings. The van der Waals surface area contributed by atoms with Crippen molar-refractivity contribution in [2.24, 2.45) is 0 Å². The summed E-state index contributed by atoms with van der Waals surface area (Å²) in [5.74, 6) is -0.817. The minimum absolute atomic E-state index is 0.0234. The molecule has 3 N–H and O–H groups in total. The summed E-state index contributed by atoms with van der Waals surface area (Å²) in [6.07, 6.45) is 0. The second-order valence-electron chi connectivity index (χ2n) is 6.16. The Morgan fingerprint density at radius 3 is 2.40 bits per heavy atom. The number of rotatable bonds is 7. The predicted molar refractivity (Wildman–Crippen MR) is 115 cm³/mol. The van der Waals surface area contributed by atoms with Gasteiger partial charge in [0, 0.05) is 30.5 Å². The van der Waals surface area contributed by atoms with E-state index in [1.54, 1.807) is 31.4 Å². The first-order chi connectivity index (χ1) is 14.5. The monoisotopic (exact) mass is 427 g/mol. The third kappa shape index (κ3) is 5.10. The molecule has 0 bridgehead atoms. The van der Waals surface area contributed by atoms with Crippen molar-refractivity contribution in [2.45, 2.75) is 0 Å². The summed E-state index contributed by atoms with van der Waals surface area (Å²) in [6.45, 7) is -0.208. The van der Waals surface area contributed by atoms with Gasteiger partial charge in [-0.3, -0.25) is 9.59 Å². The standard InChI is InChI=1S/C20H21N5O4S/c1-25(15-7-9-16(29-2)10-8-15)20-24-23-19(30-20)13-3-5-14(6-4-13)22-18(28)17(27)21-11-12-26/h3-10,26H,11-12H2,1-2H3,(H,21,27)(H,22,28). The van der Waals surface area contributed by atoms with Gasteiger partial charge in [-0.05, 0) is 48.5 Å². The third-order valence-electron chi connectivity index (χ3n) is 4.15. The molecule has 3 aromatic rings. The molecule has 0 saturated heterocycles. The van der Waals surface area contributed by atoms with Crippen LogP contribution in [0.15, 0.2) is 48.5 Å². The lowest BCUT2D eigenvalue weighted by atomic mass is 10.2. The van der Waals surface area contributed by atoms with Gasteiger partial charge in [-0.2, -0.15) is 0 Å². The Bertz CT molecular complexity index is 1000. The number of carbonyl (C=O) groups is 2. The highest BCUT2D eigenvalue weighted by molar-refractivity contribution is 7.18. The van der Waals surface area contributed by atoms with Gasteiger partial charge in [0.05, 0.1) is 13.7 Å². The van der Waals surface area contributed by atoms with Gasteiger partial charge in [-0.1, -0.05) is 11.3 Å². The molecule has 10 heteroatoms. The molecule has 30 heavy (non-hydrogen) atoms. The largest absolute Gasteiger partial charge is 0.497 e. The van der Waals surface area contributed by atoms with E-state index in [0.29, 0.717) is 5.69 Å². The van der Waals surface area contributed by atoms with Crippen LogP contribution < -0.4 is 20.3 Å². The molecule has 2 amide bonds. The number of hydrogen-bond donors (Lipinski definition) is 3. The fourth-order valence-corrected chi connectivity index (χ4v) is 3.35. The third-order valence-corrected chi connectivity index (χ3v) is 5.20. The van der Waals surface area contributed by atoms with Gasteiger partial charge in [0.1, 0.15) is 10.8 Å². The molecule has 0 fully saturated rings. The van der Waals surface area contributed by atoms with Crippen molar-refractivity contribution in [1.82, 2.24) is 15.5 Å². The lowest BCUT2D eigenvalue weighted by Crippen LogP contribution is -2.36. The van der Waals surface area contributed by atoms with E-state index in [1.165, 1.54) is 11.3 Å². The van der Waals surface area contributed by atoms with E-state index in [-0.39, 0.29) is 13.2 Å². The molecule has 2 aromatic carbocycles. The van der Waals surface area contributed by atoms with Crippen LogP contribution in [-0.2, 0) is 9.59 Å². The van der Waals surface area contributed by atoms with E-state index in [4.69, 9.17) is 9.84 Å². The quantitative estimate of drug-likeness (QED) is 0.494. The van der Waals surface area contributed by atoms with Crippen molar-refractivity contribution in [3.8, 4) is 16.3 Å². The summed E-state index contributed by atoms with van der Waals surface area (Å²) in [5.41, 5.74) is 2.27. The Morgan fingerprint density at radius 2 is 1.77 bits per heavy atom. The number of benzene rings is 2. The molecular weight excluding hydrogens is 406 g/mol. The smallest absolute Gasteiger partial charge is 0.313 e. The van der Waals surface area contributed by atoms with Crippen molar-refractivity contribution in [1.29, 1.82) is 0 Å². The molecule has 9 nitrogen and oxygen atoms in total. The Balaban J connectivity index is 1.66. The zero-order valence-electron chi connectivity index (χ0n) is 16.5. The van der Waals surface area contributed by atoms with Crippen molar-refractivity contribution in [2.75, 3.05) is 37.5 Å². The lowest BCUT2D eigenvalue weighted by molar-refractivity contribution is -0.136. The minimum Gasteiger partial charge on any atom is -0.497 e. The Morgan fingerprint density at radius 1 is 1.07 bits per heavy atom. The van der Waals surface area contributed by atoms with Gasteiger partial charge in [0.2, 0.25) is 5.13 Å². The number of methoxy groups -OCH3 is 1. The molecule has 0 saturated carbocycles. The first kappa shape index (κ1) is 21.2. The number of anilines is 3. The van der Waals surface area contributed by atoms with Crippen molar-refractivity contribution in [3.63, 3.8) is 0 Å². The van der Waals surface area contributed by atoms with Crippen LogP contribution in [0.25, 0.3) is 10.6 Å². The van der Waals surface area contributed by atoms with E-state index in [9.17, 15) is 9.59 Å². The lowest BCUT2D eigenvalue weighted by Gasteiger charge is -2.15. The first-order valence-electron chi connectivity index (χ1n) is 9.03. The van der Waals surface area contributed by atoms with Gasteiger partial charge < -0.3 is 25.4 Å². The average molecular weight is 427 g/mol. The molecule has 0 unspecified atom stereocenters. The molecular formula is C20H21N5O4S. The Hall–Kier alpha value is -3.50. The number of amides is 2. The number of aromatic nitrogens is 2. The van der Waals surface area contributed by atoms with Crippen LogP contribution in [0.4, 0.5) is 16.5 Å². The molecule has 0 spiro atoms. The zero-order valence-corrected chi connectivity index (χ0v) is 17.3. The second-order valence-corrected chi connectivity index (χ2v) is 7.11. The highest BCUT2D eigenvalue weighted by atomic mass is 32.1. The first-order valence-corrected chi connectivity index (χ1v) is 9.85.